The highest BCUT2D eigenvalue weighted by molar-refractivity contribution is 5.64. The molecule has 0 N–H and O–H groups in total. The maximum atomic E-state index is 5.83. The van der Waals surface area contributed by atoms with E-state index in [9.17, 15) is 0 Å². The van der Waals surface area contributed by atoms with Gasteiger partial charge in [-0.1, -0.05) is 64.1 Å². The van der Waals surface area contributed by atoms with Gasteiger partial charge in [-0.3, -0.25) is 0 Å². The lowest BCUT2D eigenvalue weighted by molar-refractivity contribution is 0.217. The lowest BCUT2D eigenvalue weighted by Gasteiger charge is -2.23. The molecule has 1 unspecified atom stereocenters. The van der Waals surface area contributed by atoms with Gasteiger partial charge in [0.1, 0.15) is 5.75 Å². The van der Waals surface area contributed by atoms with Crippen molar-refractivity contribution >= 4 is 0 Å². The first kappa shape index (κ1) is 16.6. The fourth-order valence-corrected chi connectivity index (χ4v) is 2.36. The largest absolute Gasteiger partial charge is 0.491 e. The van der Waals surface area contributed by atoms with Gasteiger partial charge in [0.25, 0.3) is 0 Å². The summed E-state index contributed by atoms with van der Waals surface area (Å²) >= 11 is 0. The standard InChI is InChI=1S/C21H28O/c1-6-16(3)22-20-14-10-18(11-15-20)17-8-12-19(13-9-17)21(4,5)7-2/h8-16H,6-7H2,1-5H3. The lowest BCUT2D eigenvalue weighted by atomic mass is 9.82. The summed E-state index contributed by atoms with van der Waals surface area (Å²) in [7, 11) is 0. The Bertz CT molecular complexity index is 578. The molecule has 0 aliphatic carbocycles. The molecule has 2 aromatic rings. The third kappa shape index (κ3) is 3.91. The van der Waals surface area contributed by atoms with Crippen LogP contribution in [0.5, 0.6) is 5.75 Å². The minimum atomic E-state index is 0.243. The van der Waals surface area contributed by atoms with Crippen LogP contribution < -0.4 is 4.74 Å². The Balaban J connectivity index is 2.15. The number of hydrogen-bond acceptors (Lipinski definition) is 1. The zero-order valence-electron chi connectivity index (χ0n) is 14.5. The van der Waals surface area contributed by atoms with Crippen LogP contribution in [0.25, 0.3) is 11.1 Å². The molecule has 0 amide bonds. The molecule has 2 aromatic carbocycles. The second-order valence-electron chi connectivity index (χ2n) is 6.68. The van der Waals surface area contributed by atoms with Gasteiger partial charge in [-0.15, -0.1) is 0 Å². The van der Waals surface area contributed by atoms with Crippen LogP contribution in [-0.4, -0.2) is 6.10 Å². The van der Waals surface area contributed by atoms with Crippen molar-refractivity contribution in [2.75, 3.05) is 0 Å². The highest BCUT2D eigenvalue weighted by atomic mass is 16.5. The SMILES string of the molecule is CCC(C)Oc1ccc(-c2ccc(C(C)(C)CC)cc2)cc1. The van der Waals surface area contributed by atoms with E-state index < -0.39 is 0 Å². The van der Waals surface area contributed by atoms with Crippen molar-refractivity contribution < 1.29 is 4.74 Å². The molecule has 0 aliphatic heterocycles. The Morgan fingerprint density at radius 2 is 1.36 bits per heavy atom. The maximum absolute atomic E-state index is 5.83. The number of ether oxygens (including phenoxy) is 1. The van der Waals surface area contributed by atoms with E-state index in [-0.39, 0.29) is 11.5 Å². The quantitative estimate of drug-likeness (QED) is 0.615. The fourth-order valence-electron chi connectivity index (χ4n) is 2.36. The summed E-state index contributed by atoms with van der Waals surface area (Å²) in [4.78, 5) is 0. The Labute approximate surface area is 135 Å². The molecule has 22 heavy (non-hydrogen) atoms. The molecule has 1 atom stereocenters. The second-order valence-corrected chi connectivity index (χ2v) is 6.68. The molecular weight excluding hydrogens is 268 g/mol. The van der Waals surface area contributed by atoms with Gasteiger partial charge in [-0.25, -0.2) is 0 Å². The Kier molecular flexibility index (Phi) is 5.28. The highest BCUT2D eigenvalue weighted by Gasteiger charge is 2.17. The van der Waals surface area contributed by atoms with Crippen molar-refractivity contribution in [3.63, 3.8) is 0 Å². The predicted molar refractivity (Wildman–Crippen MR) is 95.6 cm³/mol. The molecule has 0 radical (unpaired) electrons. The summed E-state index contributed by atoms with van der Waals surface area (Å²) in [5.41, 5.74) is 4.13. The first-order valence-corrected chi connectivity index (χ1v) is 8.34. The van der Waals surface area contributed by atoms with Crippen molar-refractivity contribution in [1.29, 1.82) is 0 Å². The minimum absolute atomic E-state index is 0.243. The van der Waals surface area contributed by atoms with Crippen molar-refractivity contribution in [2.24, 2.45) is 0 Å². The zero-order valence-corrected chi connectivity index (χ0v) is 14.5. The molecule has 0 bridgehead atoms. The predicted octanol–water partition coefficient (Wildman–Crippen LogP) is 6.22. The Morgan fingerprint density at radius 3 is 1.82 bits per heavy atom. The van der Waals surface area contributed by atoms with E-state index in [1.807, 2.05) is 0 Å². The van der Waals surface area contributed by atoms with Crippen LogP contribution in [0.1, 0.15) is 53.0 Å². The summed E-state index contributed by atoms with van der Waals surface area (Å²) in [5, 5.41) is 0. The summed E-state index contributed by atoms with van der Waals surface area (Å²) in [6.07, 6.45) is 2.44. The van der Waals surface area contributed by atoms with E-state index >= 15 is 0 Å². The van der Waals surface area contributed by atoms with Crippen LogP contribution in [0.4, 0.5) is 0 Å². The van der Waals surface area contributed by atoms with E-state index in [0.29, 0.717) is 0 Å². The Hall–Kier alpha value is -1.76. The first-order valence-electron chi connectivity index (χ1n) is 8.34. The van der Waals surface area contributed by atoms with Crippen LogP contribution in [-0.2, 0) is 5.41 Å². The van der Waals surface area contributed by atoms with Crippen LogP contribution in [0.15, 0.2) is 48.5 Å². The highest BCUT2D eigenvalue weighted by Crippen LogP contribution is 2.29. The fraction of sp³-hybridized carbons (Fsp3) is 0.429. The summed E-state index contributed by atoms with van der Waals surface area (Å²) in [6, 6.07) is 17.3. The van der Waals surface area contributed by atoms with Crippen molar-refractivity contribution in [1.82, 2.24) is 0 Å². The monoisotopic (exact) mass is 296 g/mol. The van der Waals surface area contributed by atoms with Crippen LogP contribution in [0.3, 0.4) is 0 Å². The number of hydrogen-bond donors (Lipinski definition) is 0. The van der Waals surface area contributed by atoms with Crippen molar-refractivity contribution in [3.05, 3.63) is 54.1 Å². The van der Waals surface area contributed by atoms with E-state index in [2.05, 4.69) is 83.1 Å². The minimum Gasteiger partial charge on any atom is -0.491 e. The lowest BCUT2D eigenvalue weighted by Crippen LogP contribution is -2.14. The Morgan fingerprint density at radius 1 is 0.864 bits per heavy atom. The van der Waals surface area contributed by atoms with Crippen LogP contribution in [0, 0.1) is 0 Å². The third-order valence-corrected chi connectivity index (χ3v) is 4.65. The molecule has 0 aliphatic rings. The van der Waals surface area contributed by atoms with Crippen molar-refractivity contribution in [3.8, 4) is 16.9 Å². The third-order valence-electron chi connectivity index (χ3n) is 4.65. The molecule has 1 nitrogen and oxygen atoms in total. The molecule has 0 spiro atoms. The van der Waals surface area contributed by atoms with Gasteiger partial charge in [0, 0.05) is 0 Å². The van der Waals surface area contributed by atoms with Gasteiger partial charge in [0.2, 0.25) is 0 Å². The van der Waals surface area contributed by atoms with Gasteiger partial charge in [0.05, 0.1) is 6.10 Å². The van der Waals surface area contributed by atoms with Gasteiger partial charge in [-0.2, -0.15) is 0 Å². The zero-order chi connectivity index (χ0) is 16.2. The van der Waals surface area contributed by atoms with Crippen LogP contribution in [0.2, 0.25) is 0 Å². The van der Waals surface area contributed by atoms with E-state index in [0.717, 1.165) is 18.6 Å². The second kappa shape index (κ2) is 7.00. The molecule has 0 saturated carbocycles. The summed E-state index contributed by atoms with van der Waals surface area (Å²) in [5.74, 6) is 0.946. The van der Waals surface area contributed by atoms with Crippen molar-refractivity contribution in [2.45, 2.75) is 59.0 Å². The summed E-state index contributed by atoms with van der Waals surface area (Å²) in [6.45, 7) is 11.1. The molecule has 0 aromatic heterocycles. The molecule has 2 rings (SSSR count). The first-order chi connectivity index (χ1) is 10.5. The molecule has 0 saturated heterocycles. The number of benzene rings is 2. The summed E-state index contributed by atoms with van der Waals surface area (Å²) < 4.78 is 5.83. The average molecular weight is 296 g/mol. The topological polar surface area (TPSA) is 9.23 Å². The van der Waals surface area contributed by atoms with E-state index in [1.54, 1.807) is 0 Å². The van der Waals surface area contributed by atoms with Gasteiger partial charge < -0.3 is 4.74 Å². The number of rotatable bonds is 6. The molecule has 118 valence electrons. The molecular formula is C21H28O. The van der Waals surface area contributed by atoms with Gasteiger partial charge >= 0.3 is 0 Å². The smallest absolute Gasteiger partial charge is 0.119 e. The van der Waals surface area contributed by atoms with Crippen LogP contribution >= 0.6 is 0 Å². The van der Waals surface area contributed by atoms with E-state index in [1.165, 1.54) is 16.7 Å². The molecule has 0 fully saturated rings. The normalized spacial score (nSPS) is 13.0. The maximum Gasteiger partial charge on any atom is 0.119 e. The molecule has 1 heteroatoms. The molecule has 0 heterocycles. The van der Waals surface area contributed by atoms with Gasteiger partial charge in [0.15, 0.2) is 0 Å². The average Bonchev–Trinajstić information content (AvgIpc) is 2.55. The van der Waals surface area contributed by atoms with Gasteiger partial charge in [-0.05, 0) is 54.0 Å². The van der Waals surface area contributed by atoms with E-state index in [4.69, 9.17) is 4.74 Å².